The highest BCUT2D eigenvalue weighted by Crippen LogP contribution is 2.12. The number of hydrogen-bond acceptors (Lipinski definition) is 3. The maximum absolute atomic E-state index is 11.9. The zero-order valence-corrected chi connectivity index (χ0v) is 17.3. The number of nitrogens with one attached hydrogen (secondary N) is 3. The average molecular weight is 383 g/mol. The molecule has 7 heteroatoms. The lowest BCUT2D eigenvalue weighted by atomic mass is 10.1. The maximum Gasteiger partial charge on any atom is 0.240 e. The SMILES string of the molecule is CCCCCCC(C)NC(=NCc1cccc(S(=O)(=O)NC)c1)NCC. The van der Waals surface area contributed by atoms with Crippen LogP contribution in [0.1, 0.15) is 58.4 Å². The van der Waals surface area contributed by atoms with Gasteiger partial charge in [-0.25, -0.2) is 18.1 Å². The molecule has 148 valence electrons. The quantitative estimate of drug-likeness (QED) is 0.312. The summed E-state index contributed by atoms with van der Waals surface area (Å²) in [6.07, 6.45) is 6.12. The van der Waals surface area contributed by atoms with Crippen LogP contribution in [0.2, 0.25) is 0 Å². The first-order valence-corrected chi connectivity index (χ1v) is 11.0. The van der Waals surface area contributed by atoms with Crippen LogP contribution in [-0.2, 0) is 16.6 Å². The summed E-state index contributed by atoms with van der Waals surface area (Å²) >= 11 is 0. The third-order valence-corrected chi connectivity index (χ3v) is 5.53. The molecule has 0 bridgehead atoms. The standard InChI is InChI=1S/C19H34N4O2S/c1-5-7-8-9-11-16(3)23-19(21-6-2)22-15-17-12-10-13-18(14-17)26(24,25)20-4/h10,12-14,16,20H,5-9,11,15H2,1-4H3,(H2,21,22,23). The lowest BCUT2D eigenvalue weighted by molar-refractivity contribution is 0.537. The number of guanidine groups is 1. The second-order valence-electron chi connectivity index (χ2n) is 6.44. The second kappa shape index (κ2) is 11.9. The van der Waals surface area contributed by atoms with Gasteiger partial charge in [-0.3, -0.25) is 0 Å². The molecule has 0 spiro atoms. The fourth-order valence-electron chi connectivity index (χ4n) is 2.60. The average Bonchev–Trinajstić information content (AvgIpc) is 2.64. The molecule has 1 aromatic carbocycles. The van der Waals surface area contributed by atoms with Gasteiger partial charge >= 0.3 is 0 Å². The molecule has 6 nitrogen and oxygen atoms in total. The van der Waals surface area contributed by atoms with Crippen molar-refractivity contribution >= 4 is 16.0 Å². The molecule has 1 rings (SSSR count). The predicted molar refractivity (Wildman–Crippen MR) is 109 cm³/mol. The van der Waals surface area contributed by atoms with Crippen LogP contribution in [0.3, 0.4) is 0 Å². The largest absolute Gasteiger partial charge is 0.357 e. The summed E-state index contributed by atoms with van der Waals surface area (Å²) in [7, 11) is -2.02. The Morgan fingerprint density at radius 2 is 1.96 bits per heavy atom. The van der Waals surface area contributed by atoms with Crippen LogP contribution in [0.4, 0.5) is 0 Å². The van der Waals surface area contributed by atoms with Crippen LogP contribution < -0.4 is 15.4 Å². The van der Waals surface area contributed by atoms with Crippen LogP contribution in [0.15, 0.2) is 34.2 Å². The summed E-state index contributed by atoms with van der Waals surface area (Å²) in [4.78, 5) is 4.86. The van der Waals surface area contributed by atoms with E-state index in [0.29, 0.717) is 12.6 Å². The fraction of sp³-hybridized carbons (Fsp3) is 0.632. The summed E-state index contributed by atoms with van der Waals surface area (Å²) in [6, 6.07) is 7.22. The number of aliphatic imine (C=N–C) groups is 1. The van der Waals surface area contributed by atoms with E-state index in [1.165, 1.54) is 32.7 Å². The molecule has 0 aliphatic heterocycles. The molecule has 1 atom stereocenters. The van der Waals surface area contributed by atoms with E-state index in [0.717, 1.165) is 24.5 Å². The van der Waals surface area contributed by atoms with Gasteiger partial charge in [0, 0.05) is 12.6 Å². The Kier molecular flexibility index (Phi) is 10.3. The van der Waals surface area contributed by atoms with Crippen molar-refractivity contribution in [3.63, 3.8) is 0 Å². The summed E-state index contributed by atoms with van der Waals surface area (Å²) in [5.74, 6) is 0.761. The van der Waals surface area contributed by atoms with Gasteiger partial charge in [0.1, 0.15) is 0 Å². The van der Waals surface area contributed by atoms with Gasteiger partial charge in [-0.1, -0.05) is 44.7 Å². The monoisotopic (exact) mass is 382 g/mol. The molecule has 0 amide bonds. The number of nitrogens with zero attached hydrogens (tertiary/aromatic N) is 1. The number of hydrogen-bond donors (Lipinski definition) is 3. The van der Waals surface area contributed by atoms with Crippen molar-refractivity contribution in [2.45, 2.75) is 70.4 Å². The summed E-state index contributed by atoms with van der Waals surface area (Å²) < 4.78 is 26.2. The van der Waals surface area contributed by atoms with Crippen LogP contribution in [0.25, 0.3) is 0 Å². The number of benzene rings is 1. The lowest BCUT2D eigenvalue weighted by Crippen LogP contribution is -2.42. The van der Waals surface area contributed by atoms with Crippen LogP contribution in [-0.4, -0.2) is 34.0 Å². The summed E-state index contributed by atoms with van der Waals surface area (Å²) in [5.41, 5.74) is 0.856. The molecule has 26 heavy (non-hydrogen) atoms. The number of unbranched alkanes of at least 4 members (excludes halogenated alkanes) is 3. The van der Waals surface area contributed by atoms with Crippen molar-refractivity contribution in [3.8, 4) is 0 Å². The molecular weight excluding hydrogens is 348 g/mol. The van der Waals surface area contributed by atoms with Crippen LogP contribution in [0.5, 0.6) is 0 Å². The van der Waals surface area contributed by atoms with E-state index in [-0.39, 0.29) is 4.90 Å². The Hall–Kier alpha value is -1.60. The van der Waals surface area contributed by atoms with Gasteiger partial charge in [0.2, 0.25) is 10.0 Å². The highest BCUT2D eigenvalue weighted by molar-refractivity contribution is 7.89. The van der Waals surface area contributed by atoms with Gasteiger partial charge in [0.25, 0.3) is 0 Å². The molecule has 1 unspecified atom stereocenters. The van der Waals surface area contributed by atoms with Gasteiger partial charge < -0.3 is 10.6 Å². The van der Waals surface area contributed by atoms with E-state index in [4.69, 9.17) is 0 Å². The van der Waals surface area contributed by atoms with E-state index in [2.05, 4.69) is 34.2 Å². The normalized spacial score (nSPS) is 13.5. The summed E-state index contributed by atoms with van der Waals surface area (Å²) in [6.45, 7) is 7.62. The minimum Gasteiger partial charge on any atom is -0.357 e. The zero-order chi connectivity index (χ0) is 19.4. The van der Waals surface area contributed by atoms with Crippen molar-refractivity contribution < 1.29 is 8.42 Å². The van der Waals surface area contributed by atoms with E-state index in [9.17, 15) is 8.42 Å². The number of rotatable bonds is 11. The third kappa shape index (κ3) is 8.19. The van der Waals surface area contributed by atoms with Crippen molar-refractivity contribution in [2.75, 3.05) is 13.6 Å². The first-order valence-electron chi connectivity index (χ1n) is 9.50. The van der Waals surface area contributed by atoms with Crippen molar-refractivity contribution in [1.82, 2.24) is 15.4 Å². The first kappa shape index (κ1) is 22.4. The number of sulfonamides is 1. The topological polar surface area (TPSA) is 82.6 Å². The van der Waals surface area contributed by atoms with E-state index in [1.54, 1.807) is 18.2 Å². The Morgan fingerprint density at radius 1 is 1.19 bits per heavy atom. The van der Waals surface area contributed by atoms with Crippen LogP contribution >= 0.6 is 0 Å². The Labute approximate surface area is 158 Å². The Balaban J connectivity index is 2.70. The third-order valence-electron chi connectivity index (χ3n) is 4.12. The molecule has 0 radical (unpaired) electrons. The highest BCUT2D eigenvalue weighted by Gasteiger charge is 2.11. The molecule has 0 saturated carbocycles. The van der Waals surface area contributed by atoms with Gasteiger partial charge in [0.05, 0.1) is 11.4 Å². The van der Waals surface area contributed by atoms with Crippen molar-refractivity contribution in [1.29, 1.82) is 0 Å². The Morgan fingerprint density at radius 3 is 2.62 bits per heavy atom. The molecule has 0 aliphatic carbocycles. The lowest BCUT2D eigenvalue weighted by Gasteiger charge is -2.18. The van der Waals surface area contributed by atoms with Gasteiger partial charge in [-0.05, 0) is 45.0 Å². The smallest absolute Gasteiger partial charge is 0.240 e. The first-order chi connectivity index (χ1) is 12.4. The second-order valence-corrected chi connectivity index (χ2v) is 8.33. The molecule has 0 saturated heterocycles. The molecular formula is C19H34N4O2S. The van der Waals surface area contributed by atoms with Crippen LogP contribution in [0, 0.1) is 0 Å². The van der Waals surface area contributed by atoms with E-state index in [1.807, 2.05) is 13.0 Å². The van der Waals surface area contributed by atoms with E-state index >= 15 is 0 Å². The molecule has 0 aliphatic rings. The minimum atomic E-state index is -3.43. The van der Waals surface area contributed by atoms with Gasteiger partial charge in [-0.2, -0.15) is 0 Å². The minimum absolute atomic E-state index is 0.259. The highest BCUT2D eigenvalue weighted by atomic mass is 32.2. The molecule has 1 aromatic rings. The Bertz CT molecular complexity index is 659. The fourth-order valence-corrected chi connectivity index (χ4v) is 3.40. The molecule has 0 aromatic heterocycles. The van der Waals surface area contributed by atoms with E-state index < -0.39 is 10.0 Å². The van der Waals surface area contributed by atoms with Gasteiger partial charge in [-0.15, -0.1) is 0 Å². The molecule has 0 heterocycles. The summed E-state index contributed by atoms with van der Waals surface area (Å²) in [5, 5.41) is 6.68. The molecule has 3 N–H and O–H groups in total. The predicted octanol–water partition coefficient (Wildman–Crippen LogP) is 3.01. The van der Waals surface area contributed by atoms with Crippen molar-refractivity contribution in [3.05, 3.63) is 29.8 Å². The molecule has 0 fully saturated rings. The maximum atomic E-state index is 11.9. The zero-order valence-electron chi connectivity index (χ0n) is 16.5. The van der Waals surface area contributed by atoms with Gasteiger partial charge in [0.15, 0.2) is 5.96 Å². The van der Waals surface area contributed by atoms with Crippen molar-refractivity contribution in [2.24, 2.45) is 4.99 Å².